The Balaban J connectivity index is 2.00. The van der Waals surface area contributed by atoms with Gasteiger partial charge >= 0.3 is 7.80 Å². The van der Waals surface area contributed by atoms with Crippen LogP contribution in [0.4, 0.5) is 0 Å². The molecule has 24 heavy (non-hydrogen) atoms. The van der Waals surface area contributed by atoms with Crippen LogP contribution in [0.2, 0.25) is 0 Å². The molecular formula is C20H28N2OP+. The van der Waals surface area contributed by atoms with Gasteiger partial charge in [-0.3, -0.25) is 0 Å². The molecule has 2 aromatic carbocycles. The highest BCUT2D eigenvalue weighted by Gasteiger charge is 2.22. The standard InChI is InChI=1S/C20H28N2OP/c1-21(2)15-13-17-5-9-19(10-6-17)24(23)20-11-7-18(8-12-20)14-16-22(3)4/h5-12H,13-16H2,1-4H3/q+1. The lowest BCUT2D eigenvalue weighted by atomic mass is 10.1. The Morgan fingerprint density at radius 2 is 1.00 bits per heavy atom. The molecule has 3 nitrogen and oxygen atoms in total. The van der Waals surface area contributed by atoms with Crippen LogP contribution < -0.4 is 10.6 Å². The minimum Gasteiger partial charge on any atom is -0.309 e. The third kappa shape index (κ3) is 5.83. The van der Waals surface area contributed by atoms with Crippen LogP contribution in [0.15, 0.2) is 48.5 Å². The van der Waals surface area contributed by atoms with E-state index < -0.39 is 7.80 Å². The van der Waals surface area contributed by atoms with Crippen molar-refractivity contribution in [3.05, 3.63) is 59.7 Å². The first kappa shape index (κ1) is 18.8. The lowest BCUT2D eigenvalue weighted by Gasteiger charge is -2.08. The highest BCUT2D eigenvalue weighted by Crippen LogP contribution is 2.20. The average Bonchev–Trinajstić information content (AvgIpc) is 2.58. The van der Waals surface area contributed by atoms with Crippen LogP contribution in [0.25, 0.3) is 0 Å². The minimum absolute atomic E-state index is 0.902. The Labute approximate surface area is 147 Å². The highest BCUT2D eigenvalue weighted by molar-refractivity contribution is 7.61. The third-order valence-corrected chi connectivity index (χ3v) is 5.57. The molecule has 0 radical (unpaired) electrons. The number of hydrogen-bond acceptors (Lipinski definition) is 3. The van der Waals surface area contributed by atoms with Gasteiger partial charge in [0, 0.05) is 13.1 Å². The van der Waals surface area contributed by atoms with Gasteiger partial charge in [0.05, 0.1) is 0 Å². The van der Waals surface area contributed by atoms with Crippen molar-refractivity contribution >= 4 is 18.4 Å². The molecule has 0 saturated carbocycles. The van der Waals surface area contributed by atoms with E-state index in [1.54, 1.807) is 0 Å². The smallest absolute Gasteiger partial charge is 0.309 e. The van der Waals surface area contributed by atoms with Gasteiger partial charge in [-0.05, 0) is 76.4 Å². The number of hydrogen-bond donors (Lipinski definition) is 0. The van der Waals surface area contributed by atoms with Crippen molar-refractivity contribution in [2.45, 2.75) is 12.8 Å². The Bertz CT molecular complexity index is 591. The molecule has 0 fully saturated rings. The first-order valence-corrected chi connectivity index (χ1v) is 9.66. The fourth-order valence-electron chi connectivity index (χ4n) is 2.45. The molecule has 0 aliphatic heterocycles. The molecule has 0 heterocycles. The topological polar surface area (TPSA) is 23.6 Å². The summed E-state index contributed by atoms with van der Waals surface area (Å²) in [6.45, 7) is 2.06. The van der Waals surface area contributed by atoms with E-state index in [1.165, 1.54) is 11.1 Å². The van der Waals surface area contributed by atoms with Gasteiger partial charge in [-0.1, -0.05) is 28.8 Å². The lowest BCUT2D eigenvalue weighted by Crippen LogP contribution is -2.15. The summed E-state index contributed by atoms with van der Waals surface area (Å²) >= 11 is 0. The zero-order chi connectivity index (χ0) is 17.5. The van der Waals surface area contributed by atoms with Crippen LogP contribution in [0.1, 0.15) is 11.1 Å². The SMILES string of the molecule is CN(C)CCc1ccc([P+](=O)c2ccc(CCN(C)C)cc2)cc1. The van der Waals surface area contributed by atoms with E-state index in [9.17, 15) is 4.57 Å². The molecule has 128 valence electrons. The number of rotatable bonds is 8. The highest BCUT2D eigenvalue weighted by atomic mass is 31.1. The molecule has 0 unspecified atom stereocenters. The van der Waals surface area contributed by atoms with Crippen LogP contribution in [0.5, 0.6) is 0 Å². The van der Waals surface area contributed by atoms with Gasteiger partial charge in [0.15, 0.2) is 10.6 Å². The molecule has 2 aromatic rings. The maximum atomic E-state index is 12.7. The molecule has 0 aliphatic carbocycles. The van der Waals surface area contributed by atoms with Crippen molar-refractivity contribution in [3.8, 4) is 0 Å². The van der Waals surface area contributed by atoms with Gasteiger partial charge in [0.1, 0.15) is 0 Å². The van der Waals surface area contributed by atoms with Crippen molar-refractivity contribution in [1.82, 2.24) is 9.80 Å². The second-order valence-electron chi connectivity index (χ2n) is 6.73. The molecule has 0 aliphatic rings. The predicted molar refractivity (Wildman–Crippen MR) is 104 cm³/mol. The first-order chi connectivity index (χ1) is 11.5. The molecule has 4 heteroatoms. The molecule has 0 aromatic heterocycles. The first-order valence-electron chi connectivity index (χ1n) is 8.40. The van der Waals surface area contributed by atoms with Crippen molar-refractivity contribution in [3.63, 3.8) is 0 Å². The van der Waals surface area contributed by atoms with E-state index >= 15 is 0 Å². The normalized spacial score (nSPS) is 11.2. The monoisotopic (exact) mass is 343 g/mol. The van der Waals surface area contributed by atoms with Gasteiger partial charge in [-0.25, -0.2) is 0 Å². The van der Waals surface area contributed by atoms with Crippen LogP contribution in [0, 0.1) is 0 Å². The van der Waals surface area contributed by atoms with Crippen LogP contribution in [0.3, 0.4) is 0 Å². The number of likely N-dealkylation sites (N-methyl/N-ethyl adjacent to an activating group) is 2. The number of nitrogens with zero attached hydrogens (tertiary/aromatic N) is 2. The summed E-state index contributed by atoms with van der Waals surface area (Å²) in [5.41, 5.74) is 2.57. The summed E-state index contributed by atoms with van der Waals surface area (Å²) in [7, 11) is 6.80. The minimum atomic E-state index is -1.51. The summed E-state index contributed by atoms with van der Waals surface area (Å²) in [6, 6.07) is 16.4. The Hall–Kier alpha value is -1.54. The molecule has 0 amide bonds. The van der Waals surface area contributed by atoms with Crippen LogP contribution in [-0.4, -0.2) is 51.1 Å². The van der Waals surface area contributed by atoms with Gasteiger partial charge in [-0.15, -0.1) is 0 Å². The largest absolute Gasteiger partial charge is 0.415 e. The lowest BCUT2D eigenvalue weighted by molar-refractivity contribution is 0.413. The number of benzene rings is 2. The molecule has 0 spiro atoms. The molecule has 0 N–H and O–H groups in total. The predicted octanol–water partition coefficient (Wildman–Crippen LogP) is 2.67. The molecular weight excluding hydrogens is 315 g/mol. The molecule has 0 bridgehead atoms. The van der Waals surface area contributed by atoms with Crippen molar-refractivity contribution < 1.29 is 4.57 Å². The van der Waals surface area contributed by atoms with Crippen molar-refractivity contribution in [2.75, 3.05) is 41.3 Å². The second-order valence-corrected chi connectivity index (χ2v) is 8.36. The summed E-state index contributed by atoms with van der Waals surface area (Å²) in [6.07, 6.45) is 2.04. The molecule has 0 saturated heterocycles. The Morgan fingerprint density at radius 1 is 0.667 bits per heavy atom. The summed E-state index contributed by atoms with van der Waals surface area (Å²) in [4.78, 5) is 4.35. The van der Waals surface area contributed by atoms with E-state index in [1.807, 2.05) is 24.3 Å². The van der Waals surface area contributed by atoms with E-state index in [0.717, 1.165) is 36.5 Å². The average molecular weight is 343 g/mol. The van der Waals surface area contributed by atoms with E-state index in [2.05, 4.69) is 62.3 Å². The Kier molecular flexibility index (Phi) is 7.11. The van der Waals surface area contributed by atoms with Crippen LogP contribution in [-0.2, 0) is 17.4 Å². The van der Waals surface area contributed by atoms with Crippen molar-refractivity contribution in [2.24, 2.45) is 0 Å². The summed E-state index contributed by atoms with van der Waals surface area (Å²) in [5, 5.41) is 1.80. The van der Waals surface area contributed by atoms with E-state index in [-0.39, 0.29) is 0 Å². The maximum absolute atomic E-state index is 12.7. The third-order valence-electron chi connectivity index (χ3n) is 4.04. The van der Waals surface area contributed by atoms with Gasteiger partial charge in [0.25, 0.3) is 0 Å². The van der Waals surface area contributed by atoms with Gasteiger partial charge < -0.3 is 9.80 Å². The zero-order valence-electron chi connectivity index (χ0n) is 15.2. The fraction of sp³-hybridized carbons (Fsp3) is 0.400. The molecule has 2 rings (SSSR count). The fourth-order valence-corrected chi connectivity index (χ4v) is 3.59. The van der Waals surface area contributed by atoms with E-state index in [4.69, 9.17) is 0 Å². The van der Waals surface area contributed by atoms with Gasteiger partial charge in [0.2, 0.25) is 0 Å². The van der Waals surface area contributed by atoms with Crippen LogP contribution >= 0.6 is 7.80 Å². The second kappa shape index (κ2) is 9.08. The summed E-state index contributed by atoms with van der Waals surface area (Å²) < 4.78 is 12.7. The van der Waals surface area contributed by atoms with Crippen molar-refractivity contribution in [1.29, 1.82) is 0 Å². The quantitative estimate of drug-likeness (QED) is 0.689. The van der Waals surface area contributed by atoms with E-state index in [0.29, 0.717) is 0 Å². The zero-order valence-corrected chi connectivity index (χ0v) is 16.1. The Morgan fingerprint density at radius 3 is 1.29 bits per heavy atom. The molecule has 0 atom stereocenters. The summed E-state index contributed by atoms with van der Waals surface area (Å²) in [5.74, 6) is 0. The maximum Gasteiger partial charge on any atom is 0.415 e. The van der Waals surface area contributed by atoms with Gasteiger partial charge in [-0.2, -0.15) is 0 Å².